The van der Waals surface area contributed by atoms with Gasteiger partial charge in [0.05, 0.1) is 12.0 Å². The molecular formula is C18H13Br2NO3S2. The van der Waals surface area contributed by atoms with E-state index in [0.29, 0.717) is 27.3 Å². The van der Waals surface area contributed by atoms with Gasteiger partial charge in [0.25, 0.3) is 5.91 Å². The van der Waals surface area contributed by atoms with Crippen molar-refractivity contribution in [1.29, 1.82) is 0 Å². The summed E-state index contributed by atoms with van der Waals surface area (Å²) in [5.41, 5.74) is 1.86. The van der Waals surface area contributed by atoms with Crippen molar-refractivity contribution in [1.82, 2.24) is 5.32 Å². The van der Waals surface area contributed by atoms with Gasteiger partial charge in [-0.3, -0.25) is 4.79 Å². The van der Waals surface area contributed by atoms with Crippen LogP contribution in [-0.2, 0) is 11.4 Å². The molecule has 2 aromatic carbocycles. The number of methoxy groups -OCH3 is 1. The lowest BCUT2D eigenvalue weighted by molar-refractivity contribution is -0.115. The van der Waals surface area contributed by atoms with Gasteiger partial charge in [-0.05, 0) is 35.9 Å². The first-order valence-electron chi connectivity index (χ1n) is 7.46. The standard InChI is InChI=1S/C18H13Br2NO3S2/c1-23-15-6-10(7-16-17(22)21-18(25)26-16)2-5-14(15)24-9-11-3-4-12(19)8-13(11)20/h2-8H,9H2,1H3,(H,21,22,25)/b16-7+. The first-order valence-corrected chi connectivity index (χ1v) is 10.3. The Labute approximate surface area is 177 Å². The van der Waals surface area contributed by atoms with Crippen molar-refractivity contribution >= 4 is 72.1 Å². The number of thiocarbonyl (C=S) groups is 1. The maximum Gasteiger partial charge on any atom is 0.263 e. The molecule has 1 aliphatic heterocycles. The molecule has 0 atom stereocenters. The van der Waals surface area contributed by atoms with Gasteiger partial charge in [0, 0.05) is 14.5 Å². The van der Waals surface area contributed by atoms with Crippen LogP contribution in [-0.4, -0.2) is 17.3 Å². The van der Waals surface area contributed by atoms with Crippen molar-refractivity contribution in [2.24, 2.45) is 0 Å². The number of hydrogen-bond acceptors (Lipinski definition) is 5. The van der Waals surface area contributed by atoms with Crippen LogP contribution in [0.2, 0.25) is 0 Å². The van der Waals surface area contributed by atoms with Gasteiger partial charge >= 0.3 is 0 Å². The summed E-state index contributed by atoms with van der Waals surface area (Å²) in [7, 11) is 1.58. The number of carbonyl (C=O) groups is 1. The predicted octanol–water partition coefficient (Wildman–Crippen LogP) is 5.29. The second kappa shape index (κ2) is 8.56. The number of hydrogen-bond donors (Lipinski definition) is 1. The third kappa shape index (κ3) is 4.68. The van der Waals surface area contributed by atoms with E-state index in [1.54, 1.807) is 13.2 Å². The first kappa shape index (κ1) is 19.4. The van der Waals surface area contributed by atoms with Crippen molar-refractivity contribution in [2.75, 3.05) is 7.11 Å². The monoisotopic (exact) mass is 513 g/mol. The normalized spacial score (nSPS) is 15.3. The van der Waals surface area contributed by atoms with Crippen LogP contribution >= 0.6 is 55.8 Å². The Morgan fingerprint density at radius 3 is 2.65 bits per heavy atom. The zero-order valence-electron chi connectivity index (χ0n) is 13.5. The second-order valence-corrected chi connectivity index (χ2v) is 8.78. The minimum absolute atomic E-state index is 0.181. The Kier molecular flexibility index (Phi) is 6.39. The van der Waals surface area contributed by atoms with E-state index in [1.807, 2.05) is 36.4 Å². The third-order valence-electron chi connectivity index (χ3n) is 3.53. The number of ether oxygens (including phenoxy) is 2. The molecule has 0 spiro atoms. The van der Waals surface area contributed by atoms with E-state index < -0.39 is 0 Å². The highest BCUT2D eigenvalue weighted by atomic mass is 79.9. The van der Waals surface area contributed by atoms with Gasteiger partial charge in [0.15, 0.2) is 11.5 Å². The van der Waals surface area contributed by atoms with Crippen molar-refractivity contribution in [2.45, 2.75) is 6.61 Å². The largest absolute Gasteiger partial charge is 0.493 e. The molecule has 0 unspecified atom stereocenters. The fraction of sp³-hybridized carbons (Fsp3) is 0.111. The summed E-state index contributed by atoms with van der Waals surface area (Å²) in [6, 6.07) is 11.4. The average molecular weight is 515 g/mol. The molecule has 4 nitrogen and oxygen atoms in total. The molecule has 1 fully saturated rings. The van der Waals surface area contributed by atoms with Gasteiger partial charge in [0.2, 0.25) is 0 Å². The maximum atomic E-state index is 11.8. The molecule has 1 saturated heterocycles. The molecule has 0 aliphatic carbocycles. The van der Waals surface area contributed by atoms with E-state index in [0.717, 1.165) is 20.1 Å². The van der Waals surface area contributed by atoms with E-state index >= 15 is 0 Å². The van der Waals surface area contributed by atoms with Crippen LogP contribution in [0.4, 0.5) is 0 Å². The molecule has 0 bridgehead atoms. The van der Waals surface area contributed by atoms with E-state index in [2.05, 4.69) is 37.2 Å². The molecule has 0 aromatic heterocycles. The number of benzene rings is 2. The molecule has 3 rings (SSSR count). The molecule has 1 heterocycles. The van der Waals surface area contributed by atoms with Crippen molar-refractivity contribution in [3.8, 4) is 11.5 Å². The summed E-state index contributed by atoms with van der Waals surface area (Å²) < 4.78 is 13.8. The van der Waals surface area contributed by atoms with Gasteiger partial charge in [-0.2, -0.15) is 0 Å². The molecule has 1 aliphatic rings. The topological polar surface area (TPSA) is 47.6 Å². The molecule has 2 aromatic rings. The lowest BCUT2D eigenvalue weighted by Crippen LogP contribution is -2.17. The summed E-state index contributed by atoms with van der Waals surface area (Å²) in [5.74, 6) is 1.04. The highest BCUT2D eigenvalue weighted by molar-refractivity contribution is 9.11. The van der Waals surface area contributed by atoms with Crippen molar-refractivity contribution in [3.05, 3.63) is 61.4 Å². The maximum absolute atomic E-state index is 11.8. The van der Waals surface area contributed by atoms with E-state index in [4.69, 9.17) is 21.7 Å². The summed E-state index contributed by atoms with van der Waals surface area (Å²) in [6.45, 7) is 0.400. The summed E-state index contributed by atoms with van der Waals surface area (Å²) >= 11 is 13.2. The predicted molar refractivity (Wildman–Crippen MR) is 115 cm³/mol. The molecule has 1 N–H and O–H groups in total. The number of rotatable bonds is 5. The molecule has 1 amide bonds. The molecule has 8 heteroatoms. The SMILES string of the molecule is COc1cc(/C=C2/SC(=S)NC2=O)ccc1OCc1ccc(Br)cc1Br. The molecule has 0 radical (unpaired) electrons. The fourth-order valence-corrected chi connectivity index (χ4v) is 4.47. The number of amides is 1. The summed E-state index contributed by atoms with van der Waals surface area (Å²) in [6.07, 6.45) is 1.77. The Balaban J connectivity index is 1.77. The summed E-state index contributed by atoms with van der Waals surface area (Å²) in [4.78, 5) is 12.3. The fourth-order valence-electron chi connectivity index (χ4n) is 2.26. The Bertz CT molecular complexity index is 915. The van der Waals surface area contributed by atoms with Crippen molar-refractivity contribution in [3.63, 3.8) is 0 Å². The number of nitrogens with one attached hydrogen (secondary N) is 1. The number of thioether (sulfide) groups is 1. The first-order chi connectivity index (χ1) is 12.5. The van der Waals surface area contributed by atoms with Gasteiger partial charge in [-0.1, -0.05) is 68.0 Å². The molecule has 0 saturated carbocycles. The average Bonchev–Trinajstić information content (AvgIpc) is 2.92. The van der Waals surface area contributed by atoms with Gasteiger partial charge in [-0.25, -0.2) is 0 Å². The van der Waals surface area contributed by atoms with Gasteiger partial charge in [-0.15, -0.1) is 0 Å². The lowest BCUT2D eigenvalue weighted by atomic mass is 10.2. The zero-order chi connectivity index (χ0) is 18.7. The smallest absolute Gasteiger partial charge is 0.263 e. The molecule has 26 heavy (non-hydrogen) atoms. The minimum atomic E-state index is -0.181. The van der Waals surface area contributed by atoms with Crippen LogP contribution in [0.1, 0.15) is 11.1 Å². The van der Waals surface area contributed by atoms with E-state index in [9.17, 15) is 4.79 Å². The number of carbonyl (C=O) groups excluding carboxylic acids is 1. The third-order valence-corrected chi connectivity index (χ3v) is 5.92. The van der Waals surface area contributed by atoms with Crippen LogP contribution in [0.3, 0.4) is 0 Å². The van der Waals surface area contributed by atoms with E-state index in [1.165, 1.54) is 11.8 Å². The zero-order valence-corrected chi connectivity index (χ0v) is 18.4. The second-order valence-electron chi connectivity index (χ2n) is 5.29. The van der Waals surface area contributed by atoms with Crippen LogP contribution in [0.25, 0.3) is 6.08 Å². The van der Waals surface area contributed by atoms with Gasteiger partial charge < -0.3 is 14.8 Å². The Morgan fingerprint density at radius 2 is 2.00 bits per heavy atom. The van der Waals surface area contributed by atoms with Crippen LogP contribution in [0.5, 0.6) is 11.5 Å². The Hall–Kier alpha value is -1.35. The molecule has 134 valence electrons. The Morgan fingerprint density at radius 1 is 1.19 bits per heavy atom. The minimum Gasteiger partial charge on any atom is -0.493 e. The van der Waals surface area contributed by atoms with Gasteiger partial charge in [0.1, 0.15) is 10.9 Å². The van der Waals surface area contributed by atoms with Crippen molar-refractivity contribution < 1.29 is 14.3 Å². The highest BCUT2D eigenvalue weighted by Gasteiger charge is 2.22. The summed E-state index contributed by atoms with van der Waals surface area (Å²) in [5, 5.41) is 2.60. The molecular weight excluding hydrogens is 502 g/mol. The highest BCUT2D eigenvalue weighted by Crippen LogP contribution is 2.32. The lowest BCUT2D eigenvalue weighted by Gasteiger charge is -2.12. The van der Waals surface area contributed by atoms with E-state index in [-0.39, 0.29) is 5.91 Å². The number of halogens is 2. The van der Waals surface area contributed by atoms with Crippen LogP contribution < -0.4 is 14.8 Å². The quantitative estimate of drug-likeness (QED) is 0.434. The van der Waals surface area contributed by atoms with Crippen LogP contribution in [0, 0.1) is 0 Å². The van der Waals surface area contributed by atoms with Crippen LogP contribution in [0.15, 0.2) is 50.2 Å².